The molecule has 64 valence electrons. The molecule has 0 heterocycles. The van der Waals surface area contributed by atoms with E-state index in [2.05, 4.69) is 0 Å². The fourth-order valence-electron chi connectivity index (χ4n) is 0.453. The summed E-state index contributed by atoms with van der Waals surface area (Å²) in [5, 5.41) is 7.00. The lowest BCUT2D eigenvalue weighted by molar-refractivity contribution is 0.399. The van der Waals surface area contributed by atoms with Crippen LogP contribution in [0.15, 0.2) is 30.3 Å². The maximum absolute atomic E-state index is 7.00. The first-order valence-electron chi connectivity index (χ1n) is 3.65. The van der Waals surface area contributed by atoms with Gasteiger partial charge in [-0.05, 0) is 12.1 Å². The Morgan fingerprint density at radius 3 is 1.55 bits per heavy atom. The van der Waals surface area contributed by atoms with Crippen LogP contribution < -0.4 is 5.73 Å². The van der Waals surface area contributed by atoms with E-state index in [1.807, 2.05) is 44.2 Å². The van der Waals surface area contributed by atoms with Crippen LogP contribution in [0.5, 0.6) is 0 Å². The smallest absolute Gasteiger partial charge is 0.0319 e. The molecule has 0 saturated heterocycles. The van der Waals surface area contributed by atoms with Crippen molar-refractivity contribution >= 4 is 5.69 Å². The highest BCUT2D eigenvalue weighted by Crippen LogP contribution is 1.95. The highest BCUT2D eigenvalue weighted by atomic mass is 16.2. The van der Waals surface area contributed by atoms with E-state index in [9.17, 15) is 0 Å². The molecule has 3 N–H and O–H groups in total. The molecule has 0 aliphatic carbocycles. The van der Waals surface area contributed by atoms with E-state index in [4.69, 9.17) is 10.8 Å². The molecule has 0 aromatic heterocycles. The molecular weight excluding hydrogens is 138 g/mol. The minimum atomic E-state index is 0.822. The molecule has 0 unspecified atom stereocenters. The molecule has 0 amide bonds. The van der Waals surface area contributed by atoms with Crippen LogP contribution in [-0.4, -0.2) is 12.2 Å². The quantitative estimate of drug-likeness (QED) is 0.562. The summed E-state index contributed by atoms with van der Waals surface area (Å²) < 4.78 is 0. The van der Waals surface area contributed by atoms with Crippen molar-refractivity contribution in [3.05, 3.63) is 30.3 Å². The zero-order valence-corrected chi connectivity index (χ0v) is 7.41. The molecule has 1 rings (SSSR count). The number of hydrogen-bond donors (Lipinski definition) is 2. The summed E-state index contributed by atoms with van der Waals surface area (Å²) in [5.41, 5.74) is 6.18. The Kier molecular flexibility index (Phi) is 13.5. The molecule has 0 fully saturated rings. The summed E-state index contributed by atoms with van der Waals surface area (Å²) in [6.45, 7) is 4.00. The van der Waals surface area contributed by atoms with Crippen LogP contribution >= 0.6 is 0 Å². The lowest BCUT2D eigenvalue weighted by Gasteiger charge is -1.83. The Hall–Kier alpha value is -1.02. The average molecular weight is 155 g/mol. The molecule has 0 bridgehead atoms. The fourth-order valence-corrected chi connectivity index (χ4v) is 0.453. The first-order valence-corrected chi connectivity index (χ1v) is 3.65. The topological polar surface area (TPSA) is 46.2 Å². The summed E-state index contributed by atoms with van der Waals surface area (Å²) >= 11 is 0. The number of aliphatic hydroxyl groups is 1. The second kappa shape index (κ2) is 11.7. The van der Waals surface area contributed by atoms with Crippen LogP contribution in [0.2, 0.25) is 0 Å². The van der Waals surface area contributed by atoms with Gasteiger partial charge in [-0.2, -0.15) is 0 Å². The Labute approximate surface area is 68.7 Å². The molecule has 0 atom stereocenters. The normalized spacial score (nSPS) is 6.55. The predicted octanol–water partition coefficient (Wildman–Crippen LogP) is 1.90. The molecule has 2 nitrogen and oxygen atoms in total. The zero-order valence-electron chi connectivity index (χ0n) is 7.41. The van der Waals surface area contributed by atoms with Crippen molar-refractivity contribution in [2.45, 2.75) is 13.8 Å². The number of hydrogen-bond acceptors (Lipinski definition) is 2. The molecule has 11 heavy (non-hydrogen) atoms. The van der Waals surface area contributed by atoms with E-state index >= 15 is 0 Å². The molecule has 0 spiro atoms. The number of anilines is 1. The Bertz CT molecular complexity index is 139. The third-order valence-corrected chi connectivity index (χ3v) is 0.800. The lowest BCUT2D eigenvalue weighted by Crippen LogP contribution is -1.79. The predicted molar refractivity (Wildman–Crippen MR) is 50.3 cm³/mol. The van der Waals surface area contributed by atoms with E-state index in [-0.39, 0.29) is 0 Å². The fraction of sp³-hybridized carbons (Fsp3) is 0.333. The Morgan fingerprint density at radius 1 is 1.00 bits per heavy atom. The standard InChI is InChI=1S/C6H7N.C2H6.CH4O/c7-6-4-2-1-3-5-6;2*1-2/h1-5H,7H2;1-2H3;2H,1H3. The zero-order chi connectivity index (χ0) is 9.11. The summed E-state index contributed by atoms with van der Waals surface area (Å²) in [5.74, 6) is 0. The van der Waals surface area contributed by atoms with E-state index in [0.29, 0.717) is 0 Å². The molecular formula is C9H17NO. The van der Waals surface area contributed by atoms with E-state index < -0.39 is 0 Å². The van der Waals surface area contributed by atoms with Crippen molar-refractivity contribution in [1.82, 2.24) is 0 Å². The number of nitrogen functional groups attached to an aromatic ring is 1. The van der Waals surface area contributed by atoms with Crippen molar-refractivity contribution < 1.29 is 5.11 Å². The van der Waals surface area contributed by atoms with Gasteiger partial charge in [-0.15, -0.1) is 0 Å². The number of rotatable bonds is 0. The van der Waals surface area contributed by atoms with Gasteiger partial charge in [0.25, 0.3) is 0 Å². The van der Waals surface area contributed by atoms with Gasteiger partial charge in [-0.3, -0.25) is 0 Å². The summed E-state index contributed by atoms with van der Waals surface area (Å²) in [4.78, 5) is 0. The molecule has 1 aromatic rings. The van der Waals surface area contributed by atoms with Gasteiger partial charge in [0.05, 0.1) is 0 Å². The van der Waals surface area contributed by atoms with E-state index in [0.717, 1.165) is 12.8 Å². The van der Waals surface area contributed by atoms with Crippen LogP contribution in [0.1, 0.15) is 13.8 Å². The van der Waals surface area contributed by atoms with Crippen molar-refractivity contribution in [2.75, 3.05) is 12.8 Å². The van der Waals surface area contributed by atoms with Crippen molar-refractivity contribution in [3.63, 3.8) is 0 Å². The van der Waals surface area contributed by atoms with Crippen LogP contribution in [-0.2, 0) is 0 Å². The summed E-state index contributed by atoms with van der Waals surface area (Å²) in [6.07, 6.45) is 0. The SMILES string of the molecule is CC.CO.Nc1ccccc1. The van der Waals surface area contributed by atoms with Crippen LogP contribution in [0, 0.1) is 0 Å². The second-order valence-electron chi connectivity index (χ2n) is 1.41. The highest BCUT2D eigenvalue weighted by molar-refractivity contribution is 5.35. The molecule has 0 saturated carbocycles. The van der Waals surface area contributed by atoms with Crippen molar-refractivity contribution in [3.8, 4) is 0 Å². The monoisotopic (exact) mass is 155 g/mol. The molecule has 0 aliphatic heterocycles. The minimum Gasteiger partial charge on any atom is -0.400 e. The summed E-state index contributed by atoms with van der Waals surface area (Å²) in [7, 11) is 1.00. The second-order valence-corrected chi connectivity index (χ2v) is 1.41. The first kappa shape index (κ1) is 12.6. The Balaban J connectivity index is 0. The number of nitrogens with two attached hydrogens (primary N) is 1. The Morgan fingerprint density at radius 2 is 1.36 bits per heavy atom. The number of para-hydroxylation sites is 1. The van der Waals surface area contributed by atoms with Gasteiger partial charge in [0.2, 0.25) is 0 Å². The largest absolute Gasteiger partial charge is 0.400 e. The number of benzene rings is 1. The third-order valence-electron chi connectivity index (χ3n) is 0.800. The van der Waals surface area contributed by atoms with Gasteiger partial charge in [0.1, 0.15) is 0 Å². The maximum Gasteiger partial charge on any atom is 0.0319 e. The van der Waals surface area contributed by atoms with Crippen molar-refractivity contribution in [1.29, 1.82) is 0 Å². The third kappa shape index (κ3) is 8.98. The summed E-state index contributed by atoms with van der Waals surface area (Å²) in [6, 6.07) is 9.49. The van der Waals surface area contributed by atoms with Gasteiger partial charge < -0.3 is 10.8 Å². The van der Waals surface area contributed by atoms with Gasteiger partial charge in [-0.25, -0.2) is 0 Å². The molecule has 2 heteroatoms. The van der Waals surface area contributed by atoms with Crippen molar-refractivity contribution in [2.24, 2.45) is 0 Å². The van der Waals surface area contributed by atoms with E-state index in [1.165, 1.54) is 0 Å². The lowest BCUT2D eigenvalue weighted by atomic mass is 10.3. The van der Waals surface area contributed by atoms with E-state index in [1.54, 1.807) is 0 Å². The molecule has 0 aliphatic rings. The van der Waals surface area contributed by atoms with Gasteiger partial charge in [0, 0.05) is 12.8 Å². The highest BCUT2D eigenvalue weighted by Gasteiger charge is 1.72. The first-order chi connectivity index (χ1) is 5.39. The maximum atomic E-state index is 7.00. The van der Waals surface area contributed by atoms with Gasteiger partial charge in [0.15, 0.2) is 0 Å². The number of aliphatic hydroxyl groups excluding tert-OH is 1. The average Bonchev–Trinajstić information content (AvgIpc) is 2.13. The van der Waals surface area contributed by atoms with Crippen LogP contribution in [0.4, 0.5) is 5.69 Å². The van der Waals surface area contributed by atoms with Crippen LogP contribution in [0.3, 0.4) is 0 Å². The van der Waals surface area contributed by atoms with Crippen LogP contribution in [0.25, 0.3) is 0 Å². The molecule has 0 radical (unpaired) electrons. The minimum absolute atomic E-state index is 0.822. The molecule has 1 aromatic carbocycles. The van der Waals surface area contributed by atoms with Gasteiger partial charge >= 0.3 is 0 Å². The van der Waals surface area contributed by atoms with Gasteiger partial charge in [-0.1, -0.05) is 32.0 Å².